The number of methoxy groups -OCH3 is 2. The van der Waals surface area contributed by atoms with Crippen molar-refractivity contribution in [2.75, 3.05) is 20.8 Å². The van der Waals surface area contributed by atoms with Crippen LogP contribution in [0, 0.1) is 10.9 Å². The molecule has 2 heterocycles. The summed E-state index contributed by atoms with van der Waals surface area (Å²) in [5, 5.41) is 5.55. The largest absolute Gasteiger partial charge is 0.497 e. The molecule has 1 aliphatic rings. The molecule has 1 fully saturated rings. The fraction of sp³-hybridized carbons (Fsp3) is 0.500. The Morgan fingerprint density at radius 2 is 2.22 bits per heavy atom. The zero-order chi connectivity index (χ0) is 16.4. The first-order valence-corrected chi connectivity index (χ1v) is 8.96. The minimum Gasteiger partial charge on any atom is -0.497 e. The molecule has 1 aliphatic heterocycles. The van der Waals surface area contributed by atoms with Gasteiger partial charge in [0.1, 0.15) is 22.5 Å². The molecular weight excluding hydrogens is 330 g/mol. The van der Waals surface area contributed by atoms with E-state index in [-0.39, 0.29) is 0 Å². The lowest BCUT2D eigenvalue weighted by Gasteiger charge is -2.23. The molecule has 5 nitrogen and oxygen atoms in total. The van der Waals surface area contributed by atoms with Crippen molar-refractivity contribution < 1.29 is 14.4 Å². The Bertz CT molecular complexity index is 741. The lowest BCUT2D eigenvalue weighted by Crippen LogP contribution is -3.09. The SMILES string of the molecule is COc1ccc([C@@H]2CCC[NH+]2Cn2nc(C)sc2=S)c(OC)c1. The van der Waals surface area contributed by atoms with Crippen molar-refractivity contribution >= 4 is 23.6 Å². The number of rotatable bonds is 5. The maximum atomic E-state index is 5.59. The fourth-order valence-corrected chi connectivity index (χ4v) is 4.36. The standard InChI is InChI=1S/C16H21N3O2S2/c1-11-17-19(16(22)23-11)10-18-8-4-5-14(18)13-7-6-12(20-2)9-15(13)21-3/h6-7,9,14H,4-5,8,10H2,1-3H3/p+1/t14-/m0/s1. The van der Waals surface area contributed by atoms with Crippen LogP contribution in [0.15, 0.2) is 18.2 Å². The van der Waals surface area contributed by atoms with Crippen LogP contribution in [0.25, 0.3) is 0 Å². The summed E-state index contributed by atoms with van der Waals surface area (Å²) in [5.74, 6) is 1.72. The molecule has 2 atom stereocenters. The van der Waals surface area contributed by atoms with E-state index in [1.54, 1.807) is 25.6 Å². The first-order chi connectivity index (χ1) is 11.1. The van der Waals surface area contributed by atoms with Crippen molar-refractivity contribution in [3.63, 3.8) is 0 Å². The zero-order valence-corrected chi connectivity index (χ0v) is 15.3. The molecule has 0 radical (unpaired) electrons. The van der Waals surface area contributed by atoms with Gasteiger partial charge in [0.05, 0.1) is 26.3 Å². The number of nitrogens with one attached hydrogen (secondary N) is 1. The Hall–Kier alpha value is -1.44. The topological polar surface area (TPSA) is 40.7 Å². The van der Waals surface area contributed by atoms with Gasteiger partial charge in [0.25, 0.3) is 0 Å². The molecule has 1 aromatic carbocycles. The first kappa shape index (κ1) is 16.4. The molecule has 124 valence electrons. The summed E-state index contributed by atoms with van der Waals surface area (Å²) < 4.78 is 13.7. The quantitative estimate of drug-likeness (QED) is 0.839. The van der Waals surface area contributed by atoms with Crippen LogP contribution in [0.5, 0.6) is 11.5 Å². The van der Waals surface area contributed by atoms with E-state index in [1.807, 2.05) is 23.7 Å². The average Bonchev–Trinajstić information content (AvgIpc) is 3.13. The van der Waals surface area contributed by atoms with Gasteiger partial charge >= 0.3 is 0 Å². The number of benzene rings is 1. The van der Waals surface area contributed by atoms with Crippen LogP contribution in [-0.4, -0.2) is 30.5 Å². The fourth-order valence-electron chi connectivity index (χ4n) is 3.29. The maximum Gasteiger partial charge on any atom is 0.184 e. The highest BCUT2D eigenvalue weighted by Crippen LogP contribution is 2.31. The number of hydrogen-bond acceptors (Lipinski definition) is 5. The van der Waals surface area contributed by atoms with Gasteiger partial charge < -0.3 is 14.4 Å². The van der Waals surface area contributed by atoms with E-state index >= 15 is 0 Å². The van der Waals surface area contributed by atoms with E-state index in [0.29, 0.717) is 6.04 Å². The summed E-state index contributed by atoms with van der Waals surface area (Å²) in [6.45, 7) is 3.93. The Balaban J connectivity index is 1.87. The summed E-state index contributed by atoms with van der Waals surface area (Å²) in [6.07, 6.45) is 2.35. The van der Waals surface area contributed by atoms with Crippen molar-refractivity contribution in [2.45, 2.75) is 32.5 Å². The molecule has 0 saturated carbocycles. The minimum atomic E-state index is 0.403. The Morgan fingerprint density at radius 3 is 2.87 bits per heavy atom. The maximum absolute atomic E-state index is 5.59. The van der Waals surface area contributed by atoms with Gasteiger partial charge in [-0.2, -0.15) is 9.78 Å². The molecule has 1 unspecified atom stereocenters. The number of quaternary nitrogens is 1. The van der Waals surface area contributed by atoms with Crippen molar-refractivity contribution in [1.29, 1.82) is 0 Å². The molecule has 7 heteroatoms. The van der Waals surface area contributed by atoms with Crippen molar-refractivity contribution in [2.24, 2.45) is 0 Å². The second-order valence-corrected chi connectivity index (χ2v) is 7.58. The van der Waals surface area contributed by atoms with E-state index in [0.717, 1.165) is 40.1 Å². The predicted molar refractivity (Wildman–Crippen MR) is 93.0 cm³/mol. The van der Waals surface area contributed by atoms with E-state index < -0.39 is 0 Å². The number of ether oxygens (including phenoxy) is 2. The molecule has 23 heavy (non-hydrogen) atoms. The van der Waals surface area contributed by atoms with E-state index in [9.17, 15) is 0 Å². The highest BCUT2D eigenvalue weighted by Gasteiger charge is 2.32. The second kappa shape index (κ2) is 6.98. The predicted octanol–water partition coefficient (Wildman–Crippen LogP) is 2.38. The molecule has 1 aromatic heterocycles. The number of aryl methyl sites for hydroxylation is 1. The van der Waals surface area contributed by atoms with Crippen LogP contribution in [-0.2, 0) is 6.67 Å². The summed E-state index contributed by atoms with van der Waals surface area (Å²) in [6, 6.07) is 6.50. The lowest BCUT2D eigenvalue weighted by molar-refractivity contribution is -0.941. The average molecular weight is 353 g/mol. The zero-order valence-electron chi connectivity index (χ0n) is 13.7. The molecule has 0 aliphatic carbocycles. The molecule has 1 saturated heterocycles. The Morgan fingerprint density at radius 1 is 1.39 bits per heavy atom. The normalized spacial score (nSPS) is 20.7. The smallest absolute Gasteiger partial charge is 0.184 e. The van der Waals surface area contributed by atoms with E-state index in [2.05, 4.69) is 11.2 Å². The number of hydrogen-bond donors (Lipinski definition) is 1. The summed E-state index contributed by atoms with van der Waals surface area (Å²) >= 11 is 6.98. The minimum absolute atomic E-state index is 0.403. The summed E-state index contributed by atoms with van der Waals surface area (Å²) in [7, 11) is 3.39. The molecule has 2 aromatic rings. The number of aromatic nitrogens is 2. The highest BCUT2D eigenvalue weighted by atomic mass is 32.1. The van der Waals surface area contributed by atoms with Crippen molar-refractivity contribution in [3.05, 3.63) is 32.7 Å². The molecule has 1 N–H and O–H groups in total. The molecular formula is C16H22N3O2S2+. The Kier molecular flexibility index (Phi) is 4.99. The van der Waals surface area contributed by atoms with E-state index in [4.69, 9.17) is 21.7 Å². The van der Waals surface area contributed by atoms with Crippen LogP contribution in [0.4, 0.5) is 0 Å². The molecule has 0 bridgehead atoms. The monoisotopic (exact) mass is 352 g/mol. The van der Waals surface area contributed by atoms with Crippen molar-refractivity contribution in [1.82, 2.24) is 9.78 Å². The van der Waals surface area contributed by atoms with Gasteiger partial charge in [-0.05, 0) is 31.3 Å². The van der Waals surface area contributed by atoms with Crippen LogP contribution >= 0.6 is 23.6 Å². The number of nitrogens with zero attached hydrogens (tertiary/aromatic N) is 2. The first-order valence-electron chi connectivity index (χ1n) is 7.73. The van der Waals surface area contributed by atoms with Gasteiger partial charge in [-0.25, -0.2) is 0 Å². The van der Waals surface area contributed by atoms with Gasteiger partial charge in [-0.15, -0.1) is 0 Å². The van der Waals surface area contributed by atoms with Crippen LogP contribution in [0.3, 0.4) is 0 Å². The van der Waals surface area contributed by atoms with Gasteiger partial charge in [0.2, 0.25) is 0 Å². The van der Waals surface area contributed by atoms with Crippen LogP contribution in [0.1, 0.15) is 29.5 Å². The lowest BCUT2D eigenvalue weighted by atomic mass is 10.0. The molecule has 0 amide bonds. The highest BCUT2D eigenvalue weighted by molar-refractivity contribution is 7.73. The van der Waals surface area contributed by atoms with Gasteiger partial charge in [0.15, 0.2) is 10.6 Å². The van der Waals surface area contributed by atoms with Crippen molar-refractivity contribution in [3.8, 4) is 11.5 Å². The second-order valence-electron chi connectivity index (χ2n) is 5.76. The van der Waals surface area contributed by atoms with Gasteiger partial charge in [0, 0.05) is 18.9 Å². The van der Waals surface area contributed by atoms with Gasteiger partial charge in [-0.1, -0.05) is 11.3 Å². The summed E-state index contributed by atoms with van der Waals surface area (Å²) in [5.41, 5.74) is 1.24. The summed E-state index contributed by atoms with van der Waals surface area (Å²) in [4.78, 5) is 1.48. The van der Waals surface area contributed by atoms with Gasteiger partial charge in [-0.3, -0.25) is 0 Å². The third-order valence-electron chi connectivity index (χ3n) is 4.36. The third-order valence-corrected chi connectivity index (χ3v) is 5.58. The van der Waals surface area contributed by atoms with Crippen LogP contribution < -0.4 is 14.4 Å². The Labute approximate surface area is 145 Å². The molecule has 0 spiro atoms. The molecule has 3 rings (SSSR count). The third kappa shape index (κ3) is 3.41. The van der Waals surface area contributed by atoms with E-state index in [1.165, 1.54) is 16.9 Å². The number of likely N-dealkylation sites (tertiary alicyclic amines) is 1. The van der Waals surface area contributed by atoms with Crippen LogP contribution in [0.2, 0.25) is 0 Å².